The number of carbonyl (C=O) groups is 1. The molecule has 0 saturated heterocycles. The van der Waals surface area contributed by atoms with Gasteiger partial charge >= 0.3 is 0 Å². The molecule has 0 atom stereocenters. The summed E-state index contributed by atoms with van der Waals surface area (Å²) in [4.78, 5) is 12.8. The standard InChI is InChI=1S/C19H25N3O3S.ClH/c1-14-7-9-15(10-8-14)19(2,3)18(23)22-16-5-4-6-17(13-16)26(24,25)21-12-11-20;/h4-10,13,21H,11-12,20H2,1-3H3,(H,22,23);1H. The number of amides is 1. The summed E-state index contributed by atoms with van der Waals surface area (Å²) in [6.07, 6.45) is 0. The molecule has 0 unspecified atom stereocenters. The number of hydrogen-bond donors (Lipinski definition) is 3. The van der Waals surface area contributed by atoms with Crippen LogP contribution in [0, 0.1) is 6.92 Å². The maximum Gasteiger partial charge on any atom is 0.240 e. The Bertz CT molecular complexity index is 881. The molecule has 0 saturated carbocycles. The summed E-state index contributed by atoms with van der Waals surface area (Å²) in [5.74, 6) is -0.217. The van der Waals surface area contributed by atoms with Crippen molar-refractivity contribution in [3.05, 3.63) is 59.7 Å². The molecular formula is C19H26ClN3O3S. The summed E-state index contributed by atoms with van der Waals surface area (Å²) < 4.78 is 26.8. The van der Waals surface area contributed by atoms with E-state index < -0.39 is 15.4 Å². The molecule has 0 aliphatic carbocycles. The molecule has 2 aromatic carbocycles. The van der Waals surface area contributed by atoms with E-state index in [0.29, 0.717) is 5.69 Å². The lowest BCUT2D eigenvalue weighted by Gasteiger charge is -2.24. The van der Waals surface area contributed by atoms with Gasteiger partial charge in [0.15, 0.2) is 0 Å². The Morgan fingerprint density at radius 3 is 2.33 bits per heavy atom. The molecule has 0 radical (unpaired) electrons. The molecule has 6 nitrogen and oxygen atoms in total. The minimum atomic E-state index is -3.65. The topological polar surface area (TPSA) is 101 Å². The molecule has 0 aliphatic heterocycles. The van der Waals surface area contributed by atoms with Gasteiger partial charge in [0.1, 0.15) is 0 Å². The number of anilines is 1. The van der Waals surface area contributed by atoms with E-state index >= 15 is 0 Å². The Morgan fingerprint density at radius 1 is 1.11 bits per heavy atom. The Labute approximate surface area is 167 Å². The van der Waals surface area contributed by atoms with E-state index in [1.807, 2.05) is 45.0 Å². The van der Waals surface area contributed by atoms with Crippen LogP contribution in [0.4, 0.5) is 5.69 Å². The zero-order valence-electron chi connectivity index (χ0n) is 15.7. The van der Waals surface area contributed by atoms with Crippen molar-refractivity contribution in [2.75, 3.05) is 18.4 Å². The van der Waals surface area contributed by atoms with Crippen LogP contribution in [0.25, 0.3) is 0 Å². The number of hydrogen-bond acceptors (Lipinski definition) is 4. The van der Waals surface area contributed by atoms with Gasteiger partial charge in [-0.2, -0.15) is 0 Å². The van der Waals surface area contributed by atoms with Crippen LogP contribution in [0.5, 0.6) is 0 Å². The quantitative estimate of drug-likeness (QED) is 0.651. The summed E-state index contributed by atoms with van der Waals surface area (Å²) in [6.45, 7) is 6.01. The SMILES string of the molecule is Cc1ccc(C(C)(C)C(=O)Nc2cccc(S(=O)(=O)NCCN)c2)cc1.Cl. The van der Waals surface area contributed by atoms with E-state index in [1.54, 1.807) is 12.1 Å². The van der Waals surface area contributed by atoms with Gasteiger partial charge in [-0.15, -0.1) is 12.4 Å². The highest BCUT2D eigenvalue weighted by molar-refractivity contribution is 7.89. The van der Waals surface area contributed by atoms with Crippen LogP contribution in [-0.4, -0.2) is 27.4 Å². The van der Waals surface area contributed by atoms with Gasteiger partial charge in [0.2, 0.25) is 15.9 Å². The third-order valence-electron chi connectivity index (χ3n) is 4.18. The van der Waals surface area contributed by atoms with Crippen molar-refractivity contribution in [3.63, 3.8) is 0 Å². The van der Waals surface area contributed by atoms with Gasteiger partial charge in [-0.1, -0.05) is 35.9 Å². The Balaban J connectivity index is 0.00000364. The Kier molecular flexibility index (Phi) is 7.98. The largest absolute Gasteiger partial charge is 0.329 e. The number of rotatable bonds is 7. The van der Waals surface area contributed by atoms with Crippen LogP contribution < -0.4 is 15.8 Å². The molecule has 148 valence electrons. The van der Waals surface area contributed by atoms with Gasteiger partial charge < -0.3 is 11.1 Å². The second kappa shape index (κ2) is 9.32. The minimum absolute atomic E-state index is 0. The van der Waals surface area contributed by atoms with Crippen LogP contribution in [0.3, 0.4) is 0 Å². The summed E-state index contributed by atoms with van der Waals surface area (Å²) in [7, 11) is -3.65. The number of sulfonamides is 1. The zero-order chi connectivity index (χ0) is 19.4. The number of carbonyl (C=O) groups excluding carboxylic acids is 1. The molecule has 0 aliphatic rings. The fraction of sp³-hybridized carbons (Fsp3) is 0.316. The van der Waals surface area contributed by atoms with Gasteiger partial charge in [-0.3, -0.25) is 4.79 Å². The normalized spacial score (nSPS) is 11.6. The lowest BCUT2D eigenvalue weighted by molar-refractivity contribution is -0.120. The molecular weight excluding hydrogens is 386 g/mol. The Morgan fingerprint density at radius 2 is 1.74 bits per heavy atom. The monoisotopic (exact) mass is 411 g/mol. The van der Waals surface area contributed by atoms with E-state index in [4.69, 9.17) is 5.73 Å². The van der Waals surface area contributed by atoms with Crippen molar-refractivity contribution in [1.29, 1.82) is 0 Å². The summed E-state index contributed by atoms with van der Waals surface area (Å²) in [5, 5.41) is 2.81. The molecule has 0 bridgehead atoms. The van der Waals surface area contributed by atoms with Crippen molar-refractivity contribution >= 4 is 34.0 Å². The van der Waals surface area contributed by atoms with Crippen molar-refractivity contribution in [3.8, 4) is 0 Å². The number of nitrogens with two attached hydrogens (primary N) is 1. The fourth-order valence-electron chi connectivity index (χ4n) is 2.41. The second-order valence-corrected chi connectivity index (χ2v) is 8.43. The molecule has 0 heterocycles. The number of nitrogens with one attached hydrogen (secondary N) is 2. The van der Waals surface area contributed by atoms with Gasteiger partial charge in [0.05, 0.1) is 10.3 Å². The van der Waals surface area contributed by atoms with E-state index in [9.17, 15) is 13.2 Å². The molecule has 4 N–H and O–H groups in total. The van der Waals surface area contributed by atoms with Crippen LogP contribution in [0.1, 0.15) is 25.0 Å². The van der Waals surface area contributed by atoms with Gasteiger partial charge in [0, 0.05) is 18.8 Å². The molecule has 2 rings (SSSR count). The molecule has 1 amide bonds. The molecule has 2 aromatic rings. The lowest BCUT2D eigenvalue weighted by atomic mass is 9.83. The number of aryl methyl sites for hydroxylation is 1. The van der Waals surface area contributed by atoms with Crippen LogP contribution >= 0.6 is 12.4 Å². The summed E-state index contributed by atoms with van der Waals surface area (Å²) >= 11 is 0. The third-order valence-corrected chi connectivity index (χ3v) is 5.64. The highest BCUT2D eigenvalue weighted by Crippen LogP contribution is 2.26. The van der Waals surface area contributed by atoms with Crippen molar-refractivity contribution < 1.29 is 13.2 Å². The first-order chi connectivity index (χ1) is 12.2. The van der Waals surface area contributed by atoms with Gasteiger partial charge in [-0.05, 0) is 44.5 Å². The predicted molar refractivity (Wildman–Crippen MR) is 111 cm³/mol. The first-order valence-corrected chi connectivity index (χ1v) is 9.83. The van der Waals surface area contributed by atoms with Crippen LogP contribution in [-0.2, 0) is 20.2 Å². The average Bonchev–Trinajstić information content (AvgIpc) is 2.60. The maximum atomic E-state index is 12.8. The summed E-state index contributed by atoms with van der Waals surface area (Å²) in [5.41, 5.74) is 7.00. The first kappa shape index (κ1) is 23.1. The van der Waals surface area contributed by atoms with Crippen LogP contribution in [0.2, 0.25) is 0 Å². The zero-order valence-corrected chi connectivity index (χ0v) is 17.3. The Hall–Kier alpha value is -1.93. The maximum absolute atomic E-state index is 12.8. The third kappa shape index (κ3) is 5.77. The fourth-order valence-corrected chi connectivity index (χ4v) is 3.50. The lowest BCUT2D eigenvalue weighted by Crippen LogP contribution is -2.34. The van der Waals surface area contributed by atoms with Crippen molar-refractivity contribution in [1.82, 2.24) is 4.72 Å². The molecule has 8 heteroatoms. The molecule has 0 fully saturated rings. The van der Waals surface area contributed by atoms with E-state index in [0.717, 1.165) is 11.1 Å². The van der Waals surface area contributed by atoms with E-state index in [2.05, 4.69) is 10.0 Å². The van der Waals surface area contributed by atoms with Crippen LogP contribution in [0.15, 0.2) is 53.4 Å². The number of benzene rings is 2. The van der Waals surface area contributed by atoms with Gasteiger partial charge in [0.25, 0.3) is 0 Å². The predicted octanol–water partition coefficient (Wildman–Crippen LogP) is 2.57. The minimum Gasteiger partial charge on any atom is -0.329 e. The average molecular weight is 412 g/mol. The first-order valence-electron chi connectivity index (χ1n) is 8.35. The van der Waals surface area contributed by atoms with E-state index in [1.165, 1.54) is 12.1 Å². The van der Waals surface area contributed by atoms with Crippen molar-refractivity contribution in [2.45, 2.75) is 31.1 Å². The van der Waals surface area contributed by atoms with Crippen molar-refractivity contribution in [2.24, 2.45) is 5.73 Å². The summed E-state index contributed by atoms with van der Waals surface area (Å²) in [6, 6.07) is 13.9. The van der Waals surface area contributed by atoms with Gasteiger partial charge in [-0.25, -0.2) is 13.1 Å². The smallest absolute Gasteiger partial charge is 0.240 e. The molecule has 0 aromatic heterocycles. The molecule has 0 spiro atoms. The highest BCUT2D eigenvalue weighted by atomic mass is 35.5. The second-order valence-electron chi connectivity index (χ2n) is 6.66. The number of halogens is 1. The highest BCUT2D eigenvalue weighted by Gasteiger charge is 2.30. The van der Waals surface area contributed by atoms with E-state index in [-0.39, 0.29) is 36.3 Å². The molecule has 27 heavy (non-hydrogen) atoms.